The van der Waals surface area contributed by atoms with Gasteiger partial charge in [-0.1, -0.05) is 6.42 Å². The van der Waals surface area contributed by atoms with Gasteiger partial charge < -0.3 is 5.11 Å². The number of carboxylic acids is 1. The smallest absolute Gasteiger partial charge is 0.391 e. The Morgan fingerprint density at radius 1 is 1.17 bits per heavy atom. The molecule has 18 heavy (non-hydrogen) atoms. The average molecular weight is 265 g/mol. The van der Waals surface area contributed by atoms with Gasteiger partial charge >= 0.3 is 12.1 Å². The molecule has 0 amide bonds. The summed E-state index contributed by atoms with van der Waals surface area (Å²) in [7, 11) is 0. The van der Waals surface area contributed by atoms with Gasteiger partial charge in [-0.2, -0.15) is 13.2 Å². The van der Waals surface area contributed by atoms with Crippen LogP contribution in [0.2, 0.25) is 0 Å². The molecule has 0 aromatic carbocycles. The van der Waals surface area contributed by atoms with Crippen molar-refractivity contribution in [2.24, 2.45) is 5.92 Å². The summed E-state index contributed by atoms with van der Waals surface area (Å²) in [5, 5.41) is 8.85. The van der Waals surface area contributed by atoms with Crippen molar-refractivity contribution in [1.29, 1.82) is 0 Å². The van der Waals surface area contributed by atoms with Gasteiger partial charge in [0, 0.05) is 12.1 Å². The highest BCUT2D eigenvalue weighted by molar-refractivity contribution is 5.69. The van der Waals surface area contributed by atoms with Gasteiger partial charge in [-0.15, -0.1) is 0 Å². The predicted molar refractivity (Wildman–Crippen MR) is 59.2 cm³/mol. The van der Waals surface area contributed by atoms with Crippen molar-refractivity contribution in [3.05, 3.63) is 0 Å². The minimum Gasteiger partial charge on any atom is -0.480 e. The van der Waals surface area contributed by atoms with Crippen LogP contribution in [0.1, 0.15) is 38.5 Å². The molecule has 2 aliphatic rings. The lowest BCUT2D eigenvalue weighted by molar-refractivity contribution is -0.187. The number of carbonyl (C=O) groups is 1. The minimum absolute atomic E-state index is 0.0628. The Hall–Kier alpha value is -0.780. The summed E-state index contributed by atoms with van der Waals surface area (Å²) in [6.07, 6.45) is -0.828. The van der Waals surface area contributed by atoms with E-state index in [1.807, 2.05) is 0 Å². The second kappa shape index (κ2) is 5.07. The molecule has 1 N–H and O–H groups in total. The number of halogens is 3. The molecule has 104 valence electrons. The molecule has 3 nitrogen and oxygen atoms in total. The Morgan fingerprint density at radius 3 is 2.33 bits per heavy atom. The molecule has 2 fully saturated rings. The molecule has 0 heterocycles. The fraction of sp³-hybridized carbons (Fsp3) is 0.917. The fourth-order valence-electron chi connectivity index (χ4n) is 2.88. The normalized spacial score (nSPS) is 29.6. The second-order valence-electron chi connectivity index (χ2n) is 5.36. The molecule has 0 aliphatic heterocycles. The SMILES string of the molecule is O=C(O)CN(C1CC1)C1CCCC(C(F)(F)F)C1. The fourth-order valence-corrected chi connectivity index (χ4v) is 2.88. The number of hydrogen-bond donors (Lipinski definition) is 1. The number of alkyl halides is 3. The molecule has 0 radical (unpaired) electrons. The standard InChI is InChI=1S/C12H18F3NO2/c13-12(14,15)8-2-1-3-10(6-8)16(7-11(17)18)9-4-5-9/h8-10H,1-7H2,(H,17,18). The van der Waals surface area contributed by atoms with Crippen LogP contribution in [0, 0.1) is 5.92 Å². The zero-order chi connectivity index (χ0) is 13.3. The monoisotopic (exact) mass is 265 g/mol. The van der Waals surface area contributed by atoms with Crippen LogP contribution in [0.25, 0.3) is 0 Å². The second-order valence-corrected chi connectivity index (χ2v) is 5.36. The van der Waals surface area contributed by atoms with Crippen LogP contribution in [-0.4, -0.2) is 40.8 Å². The van der Waals surface area contributed by atoms with Crippen LogP contribution in [0.15, 0.2) is 0 Å². The summed E-state index contributed by atoms with van der Waals surface area (Å²) < 4.78 is 38.2. The van der Waals surface area contributed by atoms with E-state index in [9.17, 15) is 18.0 Å². The topological polar surface area (TPSA) is 40.5 Å². The highest BCUT2D eigenvalue weighted by Crippen LogP contribution is 2.41. The van der Waals surface area contributed by atoms with E-state index in [-0.39, 0.29) is 31.5 Å². The Balaban J connectivity index is 1.99. The van der Waals surface area contributed by atoms with E-state index in [1.165, 1.54) is 0 Å². The lowest BCUT2D eigenvalue weighted by Crippen LogP contribution is -2.45. The molecular weight excluding hydrogens is 247 g/mol. The van der Waals surface area contributed by atoms with Crippen molar-refractivity contribution < 1.29 is 23.1 Å². The van der Waals surface area contributed by atoms with Gasteiger partial charge in [0.1, 0.15) is 0 Å². The molecule has 2 atom stereocenters. The predicted octanol–water partition coefficient (Wildman–Crippen LogP) is 2.66. The summed E-state index contributed by atoms with van der Waals surface area (Å²) in [5.74, 6) is -2.21. The van der Waals surface area contributed by atoms with Crippen molar-refractivity contribution in [1.82, 2.24) is 4.90 Å². The summed E-state index contributed by atoms with van der Waals surface area (Å²) in [6, 6.07) is -0.0212. The van der Waals surface area contributed by atoms with Crippen LogP contribution in [0.5, 0.6) is 0 Å². The van der Waals surface area contributed by atoms with Crippen LogP contribution in [0.3, 0.4) is 0 Å². The van der Waals surface area contributed by atoms with E-state index in [0.717, 1.165) is 12.8 Å². The number of aliphatic carboxylic acids is 1. The highest BCUT2D eigenvalue weighted by Gasteiger charge is 2.45. The zero-order valence-corrected chi connectivity index (χ0v) is 10.1. The molecular formula is C12H18F3NO2. The lowest BCUT2D eigenvalue weighted by Gasteiger charge is -2.37. The summed E-state index contributed by atoms with van der Waals surface area (Å²) >= 11 is 0. The zero-order valence-electron chi connectivity index (χ0n) is 10.1. The molecule has 2 unspecified atom stereocenters. The first-order valence-corrected chi connectivity index (χ1v) is 6.42. The maximum Gasteiger partial charge on any atom is 0.391 e. The third-order valence-electron chi connectivity index (χ3n) is 3.91. The summed E-state index contributed by atoms with van der Waals surface area (Å²) in [4.78, 5) is 12.6. The molecule has 0 aromatic rings. The Morgan fingerprint density at radius 2 is 1.83 bits per heavy atom. The van der Waals surface area contributed by atoms with Crippen LogP contribution >= 0.6 is 0 Å². The van der Waals surface area contributed by atoms with Crippen molar-refractivity contribution in [2.45, 2.75) is 56.8 Å². The minimum atomic E-state index is -4.14. The van der Waals surface area contributed by atoms with Crippen molar-refractivity contribution in [2.75, 3.05) is 6.54 Å². The molecule has 0 spiro atoms. The first kappa shape index (κ1) is 13.6. The summed E-state index contributed by atoms with van der Waals surface area (Å²) in [6.45, 7) is -0.125. The van der Waals surface area contributed by atoms with E-state index in [4.69, 9.17) is 5.11 Å². The average Bonchev–Trinajstić information content (AvgIpc) is 3.08. The maximum atomic E-state index is 12.7. The molecule has 2 saturated carbocycles. The Labute approximate surface area is 104 Å². The van der Waals surface area contributed by atoms with E-state index in [1.54, 1.807) is 4.90 Å². The highest BCUT2D eigenvalue weighted by atomic mass is 19.4. The lowest BCUT2D eigenvalue weighted by atomic mass is 9.84. The number of hydrogen-bond acceptors (Lipinski definition) is 2. The van der Waals surface area contributed by atoms with Crippen LogP contribution in [0.4, 0.5) is 13.2 Å². The molecule has 2 rings (SSSR count). The Kier molecular flexibility index (Phi) is 3.84. The van der Waals surface area contributed by atoms with Gasteiger partial charge in [0.05, 0.1) is 12.5 Å². The Bertz CT molecular complexity index is 315. The number of rotatable bonds is 4. The van der Waals surface area contributed by atoms with Crippen molar-refractivity contribution >= 4 is 5.97 Å². The van der Waals surface area contributed by atoms with E-state index < -0.39 is 18.1 Å². The molecule has 6 heteroatoms. The van der Waals surface area contributed by atoms with Gasteiger partial charge in [-0.3, -0.25) is 9.69 Å². The van der Waals surface area contributed by atoms with Gasteiger partial charge in [0.2, 0.25) is 0 Å². The number of nitrogens with zero attached hydrogens (tertiary/aromatic N) is 1. The largest absolute Gasteiger partial charge is 0.480 e. The van der Waals surface area contributed by atoms with E-state index in [2.05, 4.69) is 0 Å². The summed E-state index contributed by atoms with van der Waals surface area (Å²) in [5.41, 5.74) is 0. The van der Waals surface area contributed by atoms with Crippen molar-refractivity contribution in [3.63, 3.8) is 0 Å². The van der Waals surface area contributed by atoms with E-state index >= 15 is 0 Å². The molecule has 0 aromatic heterocycles. The maximum absolute atomic E-state index is 12.7. The molecule has 0 saturated heterocycles. The van der Waals surface area contributed by atoms with Gasteiger partial charge in [-0.25, -0.2) is 0 Å². The third-order valence-corrected chi connectivity index (χ3v) is 3.91. The van der Waals surface area contributed by atoms with Gasteiger partial charge in [0.25, 0.3) is 0 Å². The van der Waals surface area contributed by atoms with Crippen LogP contribution < -0.4 is 0 Å². The van der Waals surface area contributed by atoms with Crippen molar-refractivity contribution in [3.8, 4) is 0 Å². The molecule has 0 bridgehead atoms. The van der Waals surface area contributed by atoms with Gasteiger partial charge in [-0.05, 0) is 32.1 Å². The number of carboxylic acid groups (broad SMARTS) is 1. The quantitative estimate of drug-likeness (QED) is 0.849. The van der Waals surface area contributed by atoms with E-state index in [0.29, 0.717) is 12.8 Å². The third kappa shape index (κ3) is 3.37. The molecule has 2 aliphatic carbocycles. The van der Waals surface area contributed by atoms with Crippen LogP contribution in [-0.2, 0) is 4.79 Å². The first-order valence-electron chi connectivity index (χ1n) is 6.42. The first-order chi connectivity index (χ1) is 8.38. The van der Waals surface area contributed by atoms with Gasteiger partial charge in [0.15, 0.2) is 0 Å².